The van der Waals surface area contributed by atoms with E-state index in [4.69, 9.17) is 9.84 Å². The zero-order chi connectivity index (χ0) is 20.2. The number of anilines is 2. The minimum atomic E-state index is -0.287. The summed E-state index contributed by atoms with van der Waals surface area (Å²) in [6.07, 6.45) is 4.87. The van der Waals surface area contributed by atoms with Crippen molar-refractivity contribution in [3.05, 3.63) is 60.2 Å². The molecule has 0 saturated heterocycles. The van der Waals surface area contributed by atoms with Crippen molar-refractivity contribution in [2.45, 2.75) is 6.92 Å². The number of aromatic nitrogens is 3. The molecule has 0 saturated carbocycles. The summed E-state index contributed by atoms with van der Waals surface area (Å²) in [7, 11) is 0. The Morgan fingerprint density at radius 3 is 2.97 bits per heavy atom. The fraction of sp³-hybridized carbons (Fsp3) is 0.238. The average Bonchev–Trinajstić information content (AvgIpc) is 2.76. The van der Waals surface area contributed by atoms with Gasteiger partial charge in [0.25, 0.3) is 5.91 Å². The number of nitrogens with zero attached hydrogens (tertiary/aromatic N) is 4. The third-order valence-electron chi connectivity index (χ3n) is 4.59. The van der Waals surface area contributed by atoms with Crippen molar-refractivity contribution in [1.82, 2.24) is 20.3 Å². The van der Waals surface area contributed by atoms with Gasteiger partial charge in [-0.3, -0.25) is 19.7 Å². The van der Waals surface area contributed by atoms with Crippen LogP contribution in [0.15, 0.2) is 48.9 Å². The molecule has 4 rings (SSSR count). The van der Waals surface area contributed by atoms with Gasteiger partial charge in [-0.2, -0.15) is 0 Å². The number of rotatable bonds is 5. The number of amides is 1. The number of aliphatic hydroxyl groups excluding tert-OH is 1. The van der Waals surface area contributed by atoms with E-state index in [1.165, 1.54) is 6.20 Å². The lowest BCUT2D eigenvalue weighted by atomic mass is 10.1. The van der Waals surface area contributed by atoms with Crippen LogP contribution in [0.4, 0.5) is 11.4 Å². The number of carbonyl (C=O) groups excluding carboxylic acids is 1. The highest BCUT2D eigenvalue weighted by molar-refractivity contribution is 6.00. The lowest BCUT2D eigenvalue weighted by Crippen LogP contribution is -2.32. The second-order valence-corrected chi connectivity index (χ2v) is 6.57. The Morgan fingerprint density at radius 2 is 2.14 bits per heavy atom. The number of nitrogens with one attached hydrogen (secondary N) is 1. The molecule has 0 unspecified atom stereocenters. The molecule has 0 radical (unpaired) electrons. The molecule has 0 fully saturated rings. The van der Waals surface area contributed by atoms with Gasteiger partial charge in [-0.05, 0) is 31.2 Å². The maximum absolute atomic E-state index is 12.6. The Balaban J connectivity index is 1.76. The number of hydrogen-bond acceptors (Lipinski definition) is 7. The minimum absolute atomic E-state index is 0.125. The monoisotopic (exact) mass is 391 g/mol. The normalized spacial score (nSPS) is 12.8. The Bertz CT molecular complexity index is 1040. The fourth-order valence-corrected chi connectivity index (χ4v) is 3.26. The largest absolute Gasteiger partial charge is 0.488 e. The highest BCUT2D eigenvalue weighted by Crippen LogP contribution is 2.39. The van der Waals surface area contributed by atoms with Gasteiger partial charge in [0.05, 0.1) is 47.7 Å². The Labute approximate surface area is 168 Å². The van der Waals surface area contributed by atoms with E-state index in [-0.39, 0.29) is 19.1 Å². The van der Waals surface area contributed by atoms with Gasteiger partial charge < -0.3 is 20.1 Å². The Kier molecular flexibility index (Phi) is 5.35. The van der Waals surface area contributed by atoms with E-state index < -0.39 is 0 Å². The van der Waals surface area contributed by atoms with Crippen molar-refractivity contribution in [1.29, 1.82) is 0 Å². The van der Waals surface area contributed by atoms with Gasteiger partial charge in [0.15, 0.2) is 5.75 Å². The van der Waals surface area contributed by atoms with Crippen LogP contribution in [0.25, 0.3) is 11.4 Å². The summed E-state index contributed by atoms with van der Waals surface area (Å²) in [6, 6.07) is 9.52. The highest BCUT2D eigenvalue weighted by atomic mass is 16.5. The number of aliphatic hydroxyl groups is 1. The van der Waals surface area contributed by atoms with E-state index in [9.17, 15) is 4.79 Å². The van der Waals surface area contributed by atoms with Gasteiger partial charge in [0.1, 0.15) is 6.61 Å². The molecule has 4 heterocycles. The van der Waals surface area contributed by atoms with Crippen LogP contribution >= 0.6 is 0 Å². The molecule has 3 aromatic heterocycles. The molecule has 8 heteroatoms. The van der Waals surface area contributed by atoms with Gasteiger partial charge in [-0.1, -0.05) is 6.07 Å². The standard InChI is InChI=1S/C21H21N5O3/c1-14-3-2-4-16(25-14)17-11-19-20(13-24-17)29-10-8-26(19)18-5-6-22-12-15(18)21(28)23-7-9-27/h2-6,11-13,27H,7-10H2,1H3,(H,23,28). The van der Waals surface area contributed by atoms with Crippen molar-refractivity contribution >= 4 is 17.3 Å². The predicted molar refractivity (Wildman–Crippen MR) is 108 cm³/mol. The number of pyridine rings is 3. The zero-order valence-corrected chi connectivity index (χ0v) is 16.0. The van der Waals surface area contributed by atoms with Gasteiger partial charge in [-0.25, -0.2) is 0 Å². The molecule has 0 aliphatic carbocycles. The van der Waals surface area contributed by atoms with Crippen molar-refractivity contribution in [2.24, 2.45) is 0 Å². The second-order valence-electron chi connectivity index (χ2n) is 6.57. The molecular formula is C21H21N5O3. The van der Waals surface area contributed by atoms with Crippen molar-refractivity contribution in [3.8, 4) is 17.1 Å². The number of aryl methyl sites for hydroxylation is 1. The molecule has 2 N–H and O–H groups in total. The second kappa shape index (κ2) is 8.24. The molecule has 0 atom stereocenters. The minimum Gasteiger partial charge on any atom is -0.488 e. The Morgan fingerprint density at radius 1 is 1.24 bits per heavy atom. The first-order chi connectivity index (χ1) is 14.2. The number of fused-ring (bicyclic) bond motifs is 1. The highest BCUT2D eigenvalue weighted by Gasteiger charge is 2.25. The molecule has 1 aliphatic heterocycles. The fourth-order valence-electron chi connectivity index (χ4n) is 3.26. The van der Waals surface area contributed by atoms with Gasteiger partial charge in [-0.15, -0.1) is 0 Å². The van der Waals surface area contributed by atoms with Crippen LogP contribution in [0.3, 0.4) is 0 Å². The first kappa shape index (κ1) is 18.8. The summed E-state index contributed by atoms with van der Waals surface area (Å²) in [5.74, 6) is 0.357. The summed E-state index contributed by atoms with van der Waals surface area (Å²) in [5, 5.41) is 11.7. The first-order valence-electron chi connectivity index (χ1n) is 9.35. The van der Waals surface area contributed by atoms with E-state index in [1.807, 2.05) is 36.1 Å². The van der Waals surface area contributed by atoms with Crippen LogP contribution in [0.1, 0.15) is 16.1 Å². The van der Waals surface area contributed by atoms with Gasteiger partial charge >= 0.3 is 0 Å². The number of hydrogen-bond donors (Lipinski definition) is 2. The smallest absolute Gasteiger partial charge is 0.255 e. The predicted octanol–water partition coefficient (Wildman–Crippen LogP) is 2.10. The van der Waals surface area contributed by atoms with E-state index in [0.717, 1.165) is 22.8 Å². The first-order valence-corrected chi connectivity index (χ1v) is 9.35. The third-order valence-corrected chi connectivity index (χ3v) is 4.59. The zero-order valence-electron chi connectivity index (χ0n) is 16.0. The molecule has 29 heavy (non-hydrogen) atoms. The van der Waals surface area contributed by atoms with Crippen LogP contribution in [0.2, 0.25) is 0 Å². The lowest BCUT2D eigenvalue weighted by Gasteiger charge is -2.32. The molecule has 0 aromatic carbocycles. The molecule has 1 amide bonds. The topological polar surface area (TPSA) is 100 Å². The summed E-state index contributed by atoms with van der Waals surface area (Å²) in [4.78, 5) is 27.7. The summed E-state index contributed by atoms with van der Waals surface area (Å²) in [5.41, 5.74) is 4.37. The molecule has 8 nitrogen and oxygen atoms in total. The molecule has 0 bridgehead atoms. The molecule has 3 aromatic rings. The van der Waals surface area contributed by atoms with E-state index in [2.05, 4.69) is 20.3 Å². The quantitative estimate of drug-likeness (QED) is 0.687. The lowest BCUT2D eigenvalue weighted by molar-refractivity contribution is 0.0945. The van der Waals surface area contributed by atoms with Crippen LogP contribution < -0.4 is 15.0 Å². The summed E-state index contributed by atoms with van der Waals surface area (Å²) in [6.45, 7) is 3.03. The van der Waals surface area contributed by atoms with Crippen LogP contribution in [0, 0.1) is 6.92 Å². The van der Waals surface area contributed by atoms with Crippen molar-refractivity contribution in [3.63, 3.8) is 0 Å². The van der Waals surface area contributed by atoms with Crippen LogP contribution in [-0.2, 0) is 0 Å². The molecular weight excluding hydrogens is 370 g/mol. The van der Waals surface area contributed by atoms with Crippen LogP contribution in [-0.4, -0.2) is 52.3 Å². The van der Waals surface area contributed by atoms with Gasteiger partial charge in [0, 0.05) is 24.6 Å². The number of ether oxygens (including phenoxy) is 1. The maximum atomic E-state index is 12.6. The third kappa shape index (κ3) is 3.88. The average molecular weight is 391 g/mol. The van der Waals surface area contributed by atoms with Gasteiger partial charge in [0.2, 0.25) is 0 Å². The van der Waals surface area contributed by atoms with E-state index in [1.54, 1.807) is 18.5 Å². The van der Waals surface area contributed by atoms with Crippen molar-refractivity contribution < 1.29 is 14.6 Å². The van der Waals surface area contributed by atoms with Crippen molar-refractivity contribution in [2.75, 3.05) is 31.2 Å². The van der Waals surface area contributed by atoms with E-state index >= 15 is 0 Å². The Hall–Kier alpha value is -3.52. The van der Waals surface area contributed by atoms with Crippen LogP contribution in [0.5, 0.6) is 5.75 Å². The van der Waals surface area contributed by atoms with E-state index in [0.29, 0.717) is 30.2 Å². The maximum Gasteiger partial charge on any atom is 0.255 e. The SMILES string of the molecule is Cc1cccc(-c2cc3c(cn2)OCCN3c2ccncc2C(=O)NCCO)n1. The summed E-state index contributed by atoms with van der Waals surface area (Å²) < 4.78 is 5.78. The molecule has 0 spiro atoms. The molecule has 1 aliphatic rings. The summed E-state index contributed by atoms with van der Waals surface area (Å²) >= 11 is 0. The number of carbonyl (C=O) groups is 1. The molecule has 148 valence electrons.